The second-order valence-electron chi connectivity index (χ2n) is 10.3. The quantitative estimate of drug-likeness (QED) is 0.334. The van der Waals surface area contributed by atoms with Gasteiger partial charge in [-0.2, -0.15) is 0 Å². The molecule has 2 atom stereocenters. The molecule has 3 heterocycles. The van der Waals surface area contributed by atoms with Crippen molar-refractivity contribution in [1.29, 1.82) is 0 Å². The molecule has 1 fully saturated rings. The minimum absolute atomic E-state index is 0.258. The molecule has 0 spiro atoms. The third-order valence-electron chi connectivity index (χ3n) is 7.93. The van der Waals surface area contributed by atoms with Crippen LogP contribution < -0.4 is 11.1 Å². The van der Waals surface area contributed by atoms with Crippen LogP contribution in [0.15, 0.2) is 60.8 Å². The fourth-order valence-electron chi connectivity index (χ4n) is 6.05. The molecule has 2 aromatic heterocycles. The molecule has 4 aromatic rings. The third-order valence-corrected chi connectivity index (χ3v) is 7.93. The molecule has 1 saturated heterocycles. The number of fused-ring (bicyclic) bond motifs is 2. The van der Waals surface area contributed by atoms with Crippen molar-refractivity contribution < 1.29 is 0 Å². The Bertz CT molecular complexity index is 1290. The maximum absolute atomic E-state index is 6.31. The number of nitrogens with one attached hydrogen (secondary N) is 2. The molecule has 6 rings (SSSR count). The smallest absolute Gasteiger partial charge is 0.121 e. The van der Waals surface area contributed by atoms with Crippen molar-refractivity contribution in [3.63, 3.8) is 0 Å². The lowest BCUT2D eigenvalue weighted by Gasteiger charge is -2.35. The number of imidazole rings is 1. The van der Waals surface area contributed by atoms with Crippen LogP contribution in [-0.2, 0) is 26.1 Å². The lowest BCUT2D eigenvalue weighted by molar-refractivity contribution is 0.153. The molecule has 1 aliphatic carbocycles. The normalized spacial score (nSPS) is 20.1. The summed E-state index contributed by atoms with van der Waals surface area (Å²) in [5, 5.41) is 3.68. The zero-order valence-corrected chi connectivity index (χ0v) is 20.9. The van der Waals surface area contributed by atoms with Crippen LogP contribution in [0.1, 0.15) is 78.0 Å². The van der Waals surface area contributed by atoms with Crippen molar-refractivity contribution in [3.8, 4) is 0 Å². The average molecular weight is 481 g/mol. The molecule has 6 heteroatoms. The van der Waals surface area contributed by atoms with Crippen LogP contribution in [-0.4, -0.2) is 26.4 Å². The number of hydrogen-bond donors (Lipinski definition) is 3. The van der Waals surface area contributed by atoms with E-state index in [0.29, 0.717) is 12.6 Å². The van der Waals surface area contributed by atoms with Crippen LogP contribution in [0.4, 0.5) is 0 Å². The standard InChI is InChI=1S/C30H36N6/c31-18-24-17-22(25-9-3-4-15-32-25)13-14-23(24)19-36(20-29-34-26-10-1-2-11-27(26)35-29)28-12-5-7-21-8-6-16-33-30(21)28/h1-2,6,8,10-11,13-14,16-17,25,28,32H,3-5,7,9,12,15,18-20,31H2,(H,34,35). The first kappa shape index (κ1) is 23.3. The number of piperidine rings is 1. The van der Waals surface area contributed by atoms with E-state index in [4.69, 9.17) is 15.7 Å². The number of pyridine rings is 1. The predicted molar refractivity (Wildman–Crippen MR) is 144 cm³/mol. The van der Waals surface area contributed by atoms with Gasteiger partial charge in [0.15, 0.2) is 0 Å². The summed E-state index contributed by atoms with van der Waals surface area (Å²) in [5.41, 5.74) is 14.9. The molecule has 2 aromatic carbocycles. The van der Waals surface area contributed by atoms with E-state index < -0.39 is 0 Å². The number of aromatic amines is 1. The van der Waals surface area contributed by atoms with Crippen molar-refractivity contribution in [2.75, 3.05) is 6.54 Å². The number of para-hydroxylation sites is 2. The van der Waals surface area contributed by atoms with Gasteiger partial charge in [0.2, 0.25) is 0 Å². The van der Waals surface area contributed by atoms with Crippen molar-refractivity contribution in [1.82, 2.24) is 25.2 Å². The molecule has 0 bridgehead atoms. The number of nitrogens with zero attached hydrogens (tertiary/aromatic N) is 3. The molecule has 2 unspecified atom stereocenters. The summed E-state index contributed by atoms with van der Waals surface area (Å²) < 4.78 is 0. The van der Waals surface area contributed by atoms with Crippen molar-refractivity contribution in [2.24, 2.45) is 5.73 Å². The topological polar surface area (TPSA) is 82.9 Å². The van der Waals surface area contributed by atoms with Gasteiger partial charge in [0.1, 0.15) is 5.82 Å². The Morgan fingerprint density at radius 1 is 0.944 bits per heavy atom. The third kappa shape index (κ3) is 4.81. The van der Waals surface area contributed by atoms with E-state index in [2.05, 4.69) is 63.7 Å². The molecule has 4 N–H and O–H groups in total. The van der Waals surface area contributed by atoms with E-state index in [1.807, 2.05) is 12.3 Å². The Balaban J connectivity index is 1.33. The summed E-state index contributed by atoms with van der Waals surface area (Å²) in [6, 6.07) is 20.2. The minimum Gasteiger partial charge on any atom is -0.341 e. The molecule has 0 amide bonds. The second-order valence-corrected chi connectivity index (χ2v) is 10.3. The Morgan fingerprint density at radius 2 is 1.89 bits per heavy atom. The fourth-order valence-corrected chi connectivity index (χ4v) is 6.05. The van der Waals surface area contributed by atoms with Gasteiger partial charge in [0, 0.05) is 25.3 Å². The summed E-state index contributed by atoms with van der Waals surface area (Å²) >= 11 is 0. The van der Waals surface area contributed by atoms with Crippen molar-refractivity contribution in [2.45, 2.75) is 70.2 Å². The van der Waals surface area contributed by atoms with Gasteiger partial charge in [-0.25, -0.2) is 4.98 Å². The first-order valence-corrected chi connectivity index (χ1v) is 13.4. The van der Waals surface area contributed by atoms with Crippen LogP contribution >= 0.6 is 0 Å². The van der Waals surface area contributed by atoms with Gasteiger partial charge in [-0.15, -0.1) is 0 Å². The van der Waals surface area contributed by atoms with E-state index in [1.54, 1.807) is 0 Å². The highest BCUT2D eigenvalue weighted by atomic mass is 15.2. The number of aromatic nitrogens is 3. The van der Waals surface area contributed by atoms with Gasteiger partial charge in [-0.3, -0.25) is 9.88 Å². The van der Waals surface area contributed by atoms with Gasteiger partial charge in [0.25, 0.3) is 0 Å². The highest BCUT2D eigenvalue weighted by Crippen LogP contribution is 2.35. The number of nitrogens with two attached hydrogens (primary N) is 1. The van der Waals surface area contributed by atoms with Crippen LogP contribution in [0.5, 0.6) is 0 Å². The molecule has 186 valence electrons. The summed E-state index contributed by atoms with van der Waals surface area (Å²) in [6.07, 6.45) is 9.08. The highest BCUT2D eigenvalue weighted by Gasteiger charge is 2.29. The van der Waals surface area contributed by atoms with Gasteiger partial charge in [-0.05, 0) is 79.1 Å². The molecule has 2 aliphatic rings. The molecule has 1 aliphatic heterocycles. The van der Waals surface area contributed by atoms with E-state index >= 15 is 0 Å². The molecule has 0 saturated carbocycles. The molecule has 0 radical (unpaired) electrons. The van der Waals surface area contributed by atoms with Crippen LogP contribution in [0.25, 0.3) is 11.0 Å². The number of H-pyrrole nitrogens is 1. The van der Waals surface area contributed by atoms with E-state index in [0.717, 1.165) is 49.3 Å². The Kier molecular flexibility index (Phi) is 6.81. The second kappa shape index (κ2) is 10.5. The van der Waals surface area contributed by atoms with Crippen molar-refractivity contribution in [3.05, 3.63) is 94.6 Å². The molecular formula is C30H36N6. The zero-order chi connectivity index (χ0) is 24.3. The number of hydrogen-bond acceptors (Lipinski definition) is 5. The predicted octanol–water partition coefficient (Wildman–Crippen LogP) is 5.31. The SMILES string of the molecule is NCc1cc(C2CCCCN2)ccc1CN(Cc1nc2ccccc2[nH]1)C1CCCc2cccnc21. The zero-order valence-electron chi connectivity index (χ0n) is 20.9. The van der Waals surface area contributed by atoms with Crippen LogP contribution in [0, 0.1) is 0 Å². The van der Waals surface area contributed by atoms with Gasteiger partial charge >= 0.3 is 0 Å². The number of rotatable bonds is 7. The first-order chi connectivity index (χ1) is 17.8. The van der Waals surface area contributed by atoms with E-state index in [9.17, 15) is 0 Å². The maximum Gasteiger partial charge on any atom is 0.121 e. The van der Waals surface area contributed by atoms with E-state index in [1.165, 1.54) is 53.6 Å². The number of benzene rings is 2. The minimum atomic E-state index is 0.258. The Morgan fingerprint density at radius 3 is 2.75 bits per heavy atom. The van der Waals surface area contributed by atoms with Crippen molar-refractivity contribution >= 4 is 11.0 Å². The maximum atomic E-state index is 6.31. The molecular weight excluding hydrogens is 444 g/mol. The van der Waals surface area contributed by atoms with Gasteiger partial charge in [0.05, 0.1) is 29.3 Å². The van der Waals surface area contributed by atoms with Gasteiger partial charge < -0.3 is 16.0 Å². The Labute approximate surface area is 213 Å². The summed E-state index contributed by atoms with van der Waals surface area (Å²) in [6.45, 7) is 3.21. The average Bonchev–Trinajstić information content (AvgIpc) is 3.35. The Hall–Kier alpha value is -3.06. The lowest BCUT2D eigenvalue weighted by atomic mass is 9.90. The lowest BCUT2D eigenvalue weighted by Crippen LogP contribution is -2.32. The number of aryl methyl sites for hydroxylation is 1. The fraction of sp³-hybridized carbons (Fsp3) is 0.400. The van der Waals surface area contributed by atoms with E-state index in [-0.39, 0.29) is 6.04 Å². The summed E-state index contributed by atoms with van der Waals surface area (Å²) in [7, 11) is 0. The van der Waals surface area contributed by atoms with Crippen LogP contribution in [0.3, 0.4) is 0 Å². The largest absolute Gasteiger partial charge is 0.341 e. The van der Waals surface area contributed by atoms with Gasteiger partial charge in [-0.1, -0.05) is 42.8 Å². The summed E-state index contributed by atoms with van der Waals surface area (Å²) in [5.74, 6) is 0.997. The first-order valence-electron chi connectivity index (χ1n) is 13.4. The summed E-state index contributed by atoms with van der Waals surface area (Å²) in [4.78, 5) is 15.9. The molecule has 36 heavy (non-hydrogen) atoms. The monoisotopic (exact) mass is 480 g/mol. The molecule has 6 nitrogen and oxygen atoms in total. The highest BCUT2D eigenvalue weighted by molar-refractivity contribution is 5.74. The van der Waals surface area contributed by atoms with Crippen LogP contribution in [0.2, 0.25) is 0 Å².